The van der Waals surface area contributed by atoms with Gasteiger partial charge in [0.25, 0.3) is 5.91 Å². The molecule has 1 saturated heterocycles. The van der Waals surface area contributed by atoms with E-state index in [9.17, 15) is 22.4 Å². The molecule has 1 aliphatic heterocycles. The first kappa shape index (κ1) is 18.2. The molecule has 1 aromatic carbocycles. The Balaban J connectivity index is 1.76. The second-order valence-electron chi connectivity index (χ2n) is 5.70. The van der Waals surface area contributed by atoms with Gasteiger partial charge in [0, 0.05) is 6.42 Å². The van der Waals surface area contributed by atoms with Crippen LogP contribution in [0.4, 0.5) is 4.39 Å². The normalized spacial score (nSPS) is 20.2. The van der Waals surface area contributed by atoms with Crippen molar-refractivity contribution in [2.45, 2.75) is 25.9 Å². The highest BCUT2D eigenvalue weighted by Crippen LogP contribution is 2.21. The van der Waals surface area contributed by atoms with Gasteiger partial charge in [-0.15, -0.1) is 0 Å². The Morgan fingerprint density at radius 3 is 2.67 bits per heavy atom. The van der Waals surface area contributed by atoms with Crippen LogP contribution in [0.25, 0.3) is 0 Å². The molecule has 24 heavy (non-hydrogen) atoms. The number of benzene rings is 1. The van der Waals surface area contributed by atoms with Gasteiger partial charge in [-0.05, 0) is 31.4 Å². The second kappa shape index (κ2) is 7.61. The highest BCUT2D eigenvalue weighted by molar-refractivity contribution is 7.91. The van der Waals surface area contributed by atoms with E-state index in [0.29, 0.717) is 6.42 Å². The van der Waals surface area contributed by atoms with Gasteiger partial charge in [-0.25, -0.2) is 12.8 Å². The molecule has 0 unspecified atom stereocenters. The van der Waals surface area contributed by atoms with Crippen LogP contribution >= 0.6 is 0 Å². The largest absolute Gasteiger partial charge is 0.478 e. The average Bonchev–Trinajstić information content (AvgIpc) is 2.85. The number of ether oxygens (including phenoxy) is 1. The Kier molecular flexibility index (Phi) is 5.76. The summed E-state index contributed by atoms with van der Waals surface area (Å²) in [4.78, 5) is 23.6. The number of para-hydroxylation sites is 1. The maximum absolute atomic E-state index is 13.4. The molecule has 1 heterocycles. The Labute approximate surface area is 139 Å². The number of carbonyl (C=O) groups excluding carboxylic acids is 2. The van der Waals surface area contributed by atoms with Gasteiger partial charge in [0.2, 0.25) is 5.91 Å². The average molecular weight is 358 g/mol. The fraction of sp³-hybridized carbons (Fsp3) is 0.467. The Hall–Kier alpha value is -2.16. The number of carbonyl (C=O) groups is 2. The second-order valence-corrected chi connectivity index (χ2v) is 7.93. The number of hydrogen-bond donors (Lipinski definition) is 2. The van der Waals surface area contributed by atoms with Crippen molar-refractivity contribution in [3.8, 4) is 5.75 Å². The number of hydrogen-bond acceptors (Lipinski definition) is 5. The van der Waals surface area contributed by atoms with Crippen molar-refractivity contribution in [3.05, 3.63) is 30.1 Å². The molecule has 132 valence electrons. The molecule has 2 amide bonds. The minimum Gasteiger partial charge on any atom is -0.478 e. The molecule has 1 fully saturated rings. The SMILES string of the molecule is C[C@@H](Oc1ccccc1F)C(=O)NNC(=O)C[C@H]1CCS(=O)(=O)C1. The van der Waals surface area contributed by atoms with Crippen molar-refractivity contribution >= 4 is 21.7 Å². The lowest BCUT2D eigenvalue weighted by molar-refractivity contribution is -0.133. The lowest BCUT2D eigenvalue weighted by Gasteiger charge is -2.16. The van der Waals surface area contributed by atoms with Gasteiger partial charge in [0.05, 0.1) is 11.5 Å². The topological polar surface area (TPSA) is 102 Å². The maximum Gasteiger partial charge on any atom is 0.279 e. The van der Waals surface area contributed by atoms with Crippen molar-refractivity contribution in [2.75, 3.05) is 11.5 Å². The first-order chi connectivity index (χ1) is 11.3. The third-order valence-electron chi connectivity index (χ3n) is 3.64. The van der Waals surface area contributed by atoms with Gasteiger partial charge in [-0.3, -0.25) is 20.4 Å². The lowest BCUT2D eigenvalue weighted by atomic mass is 10.1. The smallest absolute Gasteiger partial charge is 0.279 e. The number of hydrazine groups is 1. The molecule has 1 aromatic rings. The van der Waals surface area contributed by atoms with E-state index in [0.717, 1.165) is 0 Å². The lowest BCUT2D eigenvalue weighted by Crippen LogP contribution is -2.47. The number of rotatable bonds is 5. The summed E-state index contributed by atoms with van der Waals surface area (Å²) in [6.45, 7) is 1.41. The van der Waals surface area contributed by atoms with Gasteiger partial charge in [0.1, 0.15) is 0 Å². The predicted octanol–water partition coefficient (Wildman–Crippen LogP) is 0.565. The van der Waals surface area contributed by atoms with Crippen LogP contribution in [0, 0.1) is 11.7 Å². The first-order valence-corrected chi connectivity index (χ1v) is 9.29. The van der Waals surface area contributed by atoms with E-state index in [1.807, 2.05) is 0 Å². The van der Waals surface area contributed by atoms with E-state index in [4.69, 9.17) is 4.74 Å². The third-order valence-corrected chi connectivity index (χ3v) is 5.47. The van der Waals surface area contributed by atoms with Crippen LogP contribution in [0.5, 0.6) is 5.75 Å². The molecule has 2 N–H and O–H groups in total. The van der Waals surface area contributed by atoms with E-state index in [1.165, 1.54) is 25.1 Å². The molecule has 0 aromatic heterocycles. The van der Waals surface area contributed by atoms with Crippen LogP contribution in [0.15, 0.2) is 24.3 Å². The number of halogens is 1. The molecular weight excluding hydrogens is 339 g/mol. The summed E-state index contributed by atoms with van der Waals surface area (Å²) in [6, 6.07) is 5.66. The molecule has 9 heteroatoms. The fourth-order valence-corrected chi connectivity index (χ4v) is 4.23. The molecule has 0 spiro atoms. The third kappa shape index (κ3) is 5.19. The zero-order chi connectivity index (χ0) is 17.7. The Morgan fingerprint density at radius 1 is 1.33 bits per heavy atom. The fourth-order valence-electron chi connectivity index (χ4n) is 2.36. The summed E-state index contributed by atoms with van der Waals surface area (Å²) >= 11 is 0. The summed E-state index contributed by atoms with van der Waals surface area (Å²) < 4.78 is 41.3. The zero-order valence-corrected chi connectivity index (χ0v) is 13.9. The van der Waals surface area contributed by atoms with Crippen molar-refractivity contribution in [1.82, 2.24) is 10.9 Å². The Morgan fingerprint density at radius 2 is 2.04 bits per heavy atom. The standard InChI is InChI=1S/C15H19FN2O5S/c1-10(23-13-5-3-2-4-12(13)16)15(20)18-17-14(19)8-11-6-7-24(21,22)9-11/h2-5,10-11H,6-9H2,1H3,(H,17,19)(H,18,20)/t10-,11-/m1/s1. The van der Waals surface area contributed by atoms with Crippen molar-refractivity contribution < 1.29 is 27.1 Å². The highest BCUT2D eigenvalue weighted by atomic mass is 32.2. The summed E-state index contributed by atoms with van der Waals surface area (Å²) in [7, 11) is -3.05. The molecule has 0 aliphatic carbocycles. The quantitative estimate of drug-likeness (QED) is 0.749. The molecule has 0 bridgehead atoms. The van der Waals surface area contributed by atoms with Crippen LogP contribution in [-0.2, 0) is 19.4 Å². The maximum atomic E-state index is 13.4. The van der Waals surface area contributed by atoms with E-state index in [1.54, 1.807) is 6.07 Å². The van der Waals surface area contributed by atoms with Crippen LogP contribution in [0.2, 0.25) is 0 Å². The van der Waals surface area contributed by atoms with Crippen LogP contribution in [-0.4, -0.2) is 37.8 Å². The van der Waals surface area contributed by atoms with Gasteiger partial charge >= 0.3 is 0 Å². The van der Waals surface area contributed by atoms with Crippen molar-refractivity contribution in [3.63, 3.8) is 0 Å². The molecule has 0 saturated carbocycles. The van der Waals surface area contributed by atoms with E-state index < -0.39 is 33.6 Å². The zero-order valence-electron chi connectivity index (χ0n) is 13.1. The van der Waals surface area contributed by atoms with Crippen molar-refractivity contribution in [2.24, 2.45) is 5.92 Å². The van der Waals surface area contributed by atoms with E-state index in [2.05, 4.69) is 10.9 Å². The Bertz CT molecular complexity index is 722. The highest BCUT2D eigenvalue weighted by Gasteiger charge is 2.29. The minimum atomic E-state index is -3.05. The van der Waals surface area contributed by atoms with Crippen molar-refractivity contribution in [1.29, 1.82) is 0 Å². The molecular formula is C15H19FN2O5S. The number of amides is 2. The van der Waals surface area contributed by atoms with Crippen LogP contribution in [0.3, 0.4) is 0 Å². The summed E-state index contributed by atoms with van der Waals surface area (Å²) in [5.74, 6) is -1.95. The molecule has 2 atom stereocenters. The van der Waals surface area contributed by atoms with Gasteiger partial charge < -0.3 is 4.74 Å². The molecule has 7 nitrogen and oxygen atoms in total. The number of sulfone groups is 1. The predicted molar refractivity (Wildman–Crippen MR) is 84.2 cm³/mol. The van der Waals surface area contributed by atoms with Gasteiger partial charge in [-0.2, -0.15) is 0 Å². The summed E-state index contributed by atoms with van der Waals surface area (Å²) in [5, 5.41) is 0. The summed E-state index contributed by atoms with van der Waals surface area (Å²) in [5.41, 5.74) is 4.39. The van der Waals surface area contributed by atoms with Crippen LogP contribution < -0.4 is 15.6 Å². The molecule has 0 radical (unpaired) electrons. The molecule has 2 rings (SSSR count). The molecule has 1 aliphatic rings. The monoisotopic (exact) mass is 358 g/mol. The van der Waals surface area contributed by atoms with E-state index in [-0.39, 0.29) is 29.6 Å². The number of nitrogens with one attached hydrogen (secondary N) is 2. The summed E-state index contributed by atoms with van der Waals surface area (Å²) in [6.07, 6.45) is -0.562. The van der Waals surface area contributed by atoms with Gasteiger partial charge in [0.15, 0.2) is 27.5 Å². The van der Waals surface area contributed by atoms with Crippen LogP contribution in [0.1, 0.15) is 19.8 Å². The van der Waals surface area contributed by atoms with E-state index >= 15 is 0 Å². The van der Waals surface area contributed by atoms with Gasteiger partial charge in [-0.1, -0.05) is 12.1 Å². The first-order valence-electron chi connectivity index (χ1n) is 7.47. The minimum absolute atomic E-state index is 0.0127.